The van der Waals surface area contributed by atoms with Crippen LogP contribution in [0, 0.1) is 17.2 Å². The maximum Gasteiger partial charge on any atom is 0.256 e. The summed E-state index contributed by atoms with van der Waals surface area (Å²) in [5, 5.41) is 12.4. The van der Waals surface area contributed by atoms with Crippen LogP contribution in [0.25, 0.3) is 0 Å². The molecule has 0 atom stereocenters. The smallest absolute Gasteiger partial charge is 0.256 e. The third-order valence-electron chi connectivity index (χ3n) is 2.74. The number of carbonyl (C=O) groups excluding carboxylic acids is 1. The van der Waals surface area contributed by atoms with Gasteiger partial charge in [-0.1, -0.05) is 13.8 Å². The lowest BCUT2D eigenvalue weighted by Crippen LogP contribution is -2.29. The number of hydrogen-bond donors (Lipinski definition) is 2. The summed E-state index contributed by atoms with van der Waals surface area (Å²) >= 11 is 1.28. The predicted molar refractivity (Wildman–Crippen MR) is 79.6 cm³/mol. The molecule has 3 N–H and O–H groups in total. The molecule has 0 unspecified atom stereocenters. The van der Waals surface area contributed by atoms with E-state index in [-0.39, 0.29) is 11.6 Å². The van der Waals surface area contributed by atoms with Gasteiger partial charge in [0, 0.05) is 20.1 Å². The molecule has 0 saturated heterocycles. The third kappa shape index (κ3) is 3.18. The van der Waals surface area contributed by atoms with Gasteiger partial charge in [-0.05, 0) is 12.8 Å². The van der Waals surface area contributed by atoms with E-state index in [1.54, 1.807) is 7.05 Å². The van der Waals surface area contributed by atoms with Crippen LogP contribution in [0.1, 0.15) is 36.0 Å². The van der Waals surface area contributed by atoms with Crippen molar-refractivity contribution in [3.8, 4) is 6.07 Å². The monoisotopic (exact) mass is 280 g/mol. The van der Waals surface area contributed by atoms with Crippen molar-refractivity contribution in [1.29, 1.82) is 5.26 Å². The van der Waals surface area contributed by atoms with Crippen molar-refractivity contribution in [2.75, 3.05) is 30.8 Å². The zero-order chi connectivity index (χ0) is 14.6. The van der Waals surface area contributed by atoms with Crippen LogP contribution in [0.4, 0.5) is 10.7 Å². The van der Waals surface area contributed by atoms with Crippen LogP contribution in [-0.2, 0) is 0 Å². The summed E-state index contributed by atoms with van der Waals surface area (Å²) in [6.07, 6.45) is 0. The van der Waals surface area contributed by atoms with Crippen molar-refractivity contribution in [3.05, 3.63) is 10.4 Å². The number of thiophene rings is 1. The average molecular weight is 280 g/mol. The SMILES string of the molecule is CCN(CC(C)C)c1sc(C#N)c(N)c1C(=O)NC. The highest BCUT2D eigenvalue weighted by Gasteiger charge is 2.24. The topological polar surface area (TPSA) is 82.2 Å². The minimum Gasteiger partial charge on any atom is -0.396 e. The number of nitriles is 1. The lowest BCUT2D eigenvalue weighted by molar-refractivity contribution is 0.0965. The Morgan fingerprint density at radius 2 is 2.21 bits per heavy atom. The number of hydrogen-bond acceptors (Lipinski definition) is 5. The first-order valence-electron chi connectivity index (χ1n) is 6.25. The first-order chi connectivity index (χ1) is 8.96. The van der Waals surface area contributed by atoms with E-state index in [9.17, 15) is 4.79 Å². The maximum atomic E-state index is 12.0. The van der Waals surface area contributed by atoms with E-state index in [2.05, 4.69) is 30.1 Å². The van der Waals surface area contributed by atoms with Crippen LogP contribution in [-0.4, -0.2) is 26.0 Å². The molecule has 0 saturated carbocycles. The van der Waals surface area contributed by atoms with Gasteiger partial charge in [0.05, 0.1) is 11.3 Å². The minimum absolute atomic E-state index is 0.243. The van der Waals surface area contributed by atoms with Gasteiger partial charge in [0.2, 0.25) is 0 Å². The van der Waals surface area contributed by atoms with Crippen LogP contribution in [0.2, 0.25) is 0 Å². The standard InChI is InChI=1S/C13H20N4OS/c1-5-17(7-8(2)3)13-10(12(18)16-4)11(15)9(6-14)19-13/h8H,5,7,15H2,1-4H3,(H,16,18). The molecule has 1 amide bonds. The second-order valence-corrected chi connectivity index (χ2v) is 5.65. The van der Waals surface area contributed by atoms with Crippen molar-refractivity contribution in [1.82, 2.24) is 5.32 Å². The summed E-state index contributed by atoms with van der Waals surface area (Å²) in [4.78, 5) is 14.5. The molecule has 6 heteroatoms. The Bertz CT molecular complexity index is 501. The number of amides is 1. The van der Waals surface area contributed by atoms with Crippen LogP contribution in [0.5, 0.6) is 0 Å². The van der Waals surface area contributed by atoms with Gasteiger partial charge in [-0.3, -0.25) is 4.79 Å². The van der Waals surface area contributed by atoms with Crippen molar-refractivity contribution in [2.45, 2.75) is 20.8 Å². The molecular weight excluding hydrogens is 260 g/mol. The number of nitrogens with zero attached hydrogens (tertiary/aromatic N) is 2. The quantitative estimate of drug-likeness (QED) is 0.864. The number of anilines is 2. The molecular formula is C13H20N4OS. The number of nitrogens with one attached hydrogen (secondary N) is 1. The summed E-state index contributed by atoms with van der Waals surface area (Å²) in [5.41, 5.74) is 6.62. The van der Waals surface area contributed by atoms with Crippen LogP contribution >= 0.6 is 11.3 Å². The van der Waals surface area contributed by atoms with E-state index in [1.807, 2.05) is 6.92 Å². The molecule has 1 aromatic heterocycles. The first kappa shape index (κ1) is 15.3. The van der Waals surface area contributed by atoms with Gasteiger partial charge in [-0.2, -0.15) is 5.26 Å². The van der Waals surface area contributed by atoms with E-state index in [1.165, 1.54) is 11.3 Å². The normalized spacial score (nSPS) is 10.3. The minimum atomic E-state index is -0.243. The van der Waals surface area contributed by atoms with E-state index >= 15 is 0 Å². The molecule has 0 spiro atoms. The fraction of sp³-hybridized carbons (Fsp3) is 0.538. The van der Waals surface area contributed by atoms with Crippen LogP contribution in [0.15, 0.2) is 0 Å². The van der Waals surface area contributed by atoms with E-state index in [0.717, 1.165) is 18.1 Å². The average Bonchev–Trinajstić information content (AvgIpc) is 2.71. The molecule has 0 fully saturated rings. The molecule has 19 heavy (non-hydrogen) atoms. The third-order valence-corrected chi connectivity index (χ3v) is 3.91. The maximum absolute atomic E-state index is 12.0. The molecule has 1 heterocycles. The van der Waals surface area contributed by atoms with Gasteiger partial charge in [-0.25, -0.2) is 0 Å². The molecule has 0 aliphatic rings. The molecule has 1 rings (SSSR count). The number of carbonyl (C=O) groups is 1. The van der Waals surface area contributed by atoms with Gasteiger partial charge in [0.25, 0.3) is 5.91 Å². The van der Waals surface area contributed by atoms with E-state index in [0.29, 0.717) is 16.4 Å². The molecule has 0 aliphatic carbocycles. The summed E-state index contributed by atoms with van der Waals surface area (Å²) in [7, 11) is 1.56. The van der Waals surface area contributed by atoms with E-state index < -0.39 is 0 Å². The number of rotatable bonds is 5. The fourth-order valence-electron chi connectivity index (χ4n) is 1.88. The Labute approximate surface area is 118 Å². The number of nitrogens with two attached hydrogens (primary N) is 1. The number of nitrogen functional groups attached to an aromatic ring is 1. The predicted octanol–water partition coefficient (Wildman–Crippen LogP) is 2.04. The van der Waals surface area contributed by atoms with Gasteiger partial charge in [0.15, 0.2) is 0 Å². The van der Waals surface area contributed by atoms with Crippen molar-refractivity contribution >= 4 is 27.9 Å². The highest BCUT2D eigenvalue weighted by Crippen LogP contribution is 2.38. The molecule has 104 valence electrons. The van der Waals surface area contributed by atoms with E-state index in [4.69, 9.17) is 11.0 Å². The molecule has 0 bridgehead atoms. The first-order valence-corrected chi connectivity index (χ1v) is 7.07. The van der Waals surface area contributed by atoms with Crippen molar-refractivity contribution in [2.24, 2.45) is 5.92 Å². The molecule has 0 aliphatic heterocycles. The fourth-order valence-corrected chi connectivity index (χ4v) is 2.97. The lowest BCUT2D eigenvalue weighted by atomic mass is 10.1. The summed E-state index contributed by atoms with van der Waals surface area (Å²) in [5.74, 6) is 0.221. The largest absolute Gasteiger partial charge is 0.396 e. The van der Waals surface area contributed by atoms with Crippen molar-refractivity contribution in [3.63, 3.8) is 0 Å². The molecule has 0 aromatic carbocycles. The van der Waals surface area contributed by atoms with Crippen LogP contribution < -0.4 is 16.0 Å². The second-order valence-electron chi connectivity index (χ2n) is 4.65. The summed E-state index contributed by atoms with van der Waals surface area (Å²) < 4.78 is 0. The zero-order valence-electron chi connectivity index (χ0n) is 11.8. The summed E-state index contributed by atoms with van der Waals surface area (Å²) in [6, 6.07) is 2.05. The van der Waals surface area contributed by atoms with Crippen molar-refractivity contribution < 1.29 is 4.79 Å². The summed E-state index contributed by atoms with van der Waals surface area (Å²) in [6.45, 7) is 7.85. The van der Waals surface area contributed by atoms with Gasteiger partial charge in [-0.15, -0.1) is 11.3 Å². The Kier molecular flexibility index (Phi) is 5.19. The molecule has 0 radical (unpaired) electrons. The highest BCUT2D eigenvalue weighted by atomic mass is 32.1. The lowest BCUT2D eigenvalue weighted by Gasteiger charge is -2.24. The molecule has 1 aromatic rings. The van der Waals surface area contributed by atoms with Gasteiger partial charge >= 0.3 is 0 Å². The second kappa shape index (κ2) is 6.43. The molecule has 5 nitrogen and oxygen atoms in total. The Morgan fingerprint density at radius 1 is 1.58 bits per heavy atom. The van der Waals surface area contributed by atoms with Gasteiger partial charge < -0.3 is 16.0 Å². The Hall–Kier alpha value is -1.74. The Morgan fingerprint density at radius 3 is 2.63 bits per heavy atom. The highest BCUT2D eigenvalue weighted by molar-refractivity contribution is 7.17. The Balaban J connectivity index is 3.32. The van der Waals surface area contributed by atoms with Gasteiger partial charge in [0.1, 0.15) is 15.9 Å². The van der Waals surface area contributed by atoms with Crippen LogP contribution in [0.3, 0.4) is 0 Å². The zero-order valence-corrected chi connectivity index (χ0v) is 12.6.